The summed E-state index contributed by atoms with van der Waals surface area (Å²) < 4.78 is 6.46. The average Bonchev–Trinajstić information content (AvgIpc) is 3.16. The lowest BCUT2D eigenvalue weighted by atomic mass is 9.84. The Labute approximate surface area is 136 Å². The van der Waals surface area contributed by atoms with Crippen LogP contribution in [-0.2, 0) is 4.74 Å². The maximum Gasteiger partial charge on any atom is 0.0931 e. The Bertz CT molecular complexity index is 453. The Morgan fingerprint density at radius 3 is 2.62 bits per heavy atom. The molecule has 2 aliphatic rings. The van der Waals surface area contributed by atoms with E-state index in [0.29, 0.717) is 6.04 Å². The number of hydrogen-bond acceptors (Lipinski definition) is 4. The smallest absolute Gasteiger partial charge is 0.0931 e. The number of morpholine rings is 1. The lowest BCUT2D eigenvalue weighted by molar-refractivity contribution is -0.0357. The second-order valence-corrected chi connectivity index (χ2v) is 7.79. The highest BCUT2D eigenvalue weighted by Crippen LogP contribution is 2.46. The fourth-order valence-electron chi connectivity index (χ4n) is 4.03. The Morgan fingerprint density at radius 2 is 2.05 bits per heavy atom. The maximum atomic E-state index is 6.20. The van der Waals surface area contributed by atoms with E-state index in [2.05, 4.69) is 23.2 Å². The Balaban J connectivity index is 1.92. The highest BCUT2D eigenvalue weighted by Gasteiger charge is 2.47. The quantitative estimate of drug-likeness (QED) is 0.892. The van der Waals surface area contributed by atoms with Crippen molar-refractivity contribution in [3.05, 3.63) is 21.3 Å². The molecule has 1 aromatic rings. The third-order valence-electron chi connectivity index (χ3n) is 4.93. The molecule has 1 saturated heterocycles. The third-order valence-corrected chi connectivity index (χ3v) is 6.23. The van der Waals surface area contributed by atoms with E-state index < -0.39 is 0 Å². The van der Waals surface area contributed by atoms with Gasteiger partial charge in [0.1, 0.15) is 0 Å². The number of likely N-dealkylation sites (N-methyl/N-ethyl adjacent to an activating group) is 1. The van der Waals surface area contributed by atoms with Crippen LogP contribution in [0.5, 0.6) is 0 Å². The Kier molecular flexibility index (Phi) is 5.23. The zero-order chi connectivity index (χ0) is 14.7. The van der Waals surface area contributed by atoms with Gasteiger partial charge in [-0.3, -0.25) is 4.90 Å². The van der Waals surface area contributed by atoms with Crippen molar-refractivity contribution in [3.8, 4) is 0 Å². The highest BCUT2D eigenvalue weighted by molar-refractivity contribution is 7.16. The second kappa shape index (κ2) is 6.97. The van der Waals surface area contributed by atoms with Gasteiger partial charge in [-0.15, -0.1) is 11.3 Å². The van der Waals surface area contributed by atoms with E-state index in [1.807, 2.05) is 6.07 Å². The molecule has 3 nitrogen and oxygen atoms in total. The van der Waals surface area contributed by atoms with Gasteiger partial charge in [0, 0.05) is 23.5 Å². The van der Waals surface area contributed by atoms with Crippen molar-refractivity contribution in [1.82, 2.24) is 10.2 Å². The molecule has 0 spiro atoms. The minimum atomic E-state index is 0.244. The minimum absolute atomic E-state index is 0.244. The molecule has 1 aromatic heterocycles. The first kappa shape index (κ1) is 15.8. The SMILES string of the molecule is CCNC(c1ccc(Cl)s1)C1(N2CCOCC2)CCCC1. The van der Waals surface area contributed by atoms with E-state index in [0.717, 1.165) is 37.2 Å². The molecule has 1 atom stereocenters. The number of ether oxygens (including phenoxy) is 1. The summed E-state index contributed by atoms with van der Waals surface area (Å²) in [5.74, 6) is 0. The largest absolute Gasteiger partial charge is 0.379 e. The summed E-state index contributed by atoms with van der Waals surface area (Å²) in [7, 11) is 0. The van der Waals surface area contributed by atoms with Crippen molar-refractivity contribution in [2.24, 2.45) is 0 Å². The highest BCUT2D eigenvalue weighted by atomic mass is 35.5. The number of thiophene rings is 1. The number of halogens is 1. The summed E-state index contributed by atoms with van der Waals surface area (Å²) in [6.07, 6.45) is 5.22. The van der Waals surface area contributed by atoms with E-state index in [-0.39, 0.29) is 5.54 Å². The van der Waals surface area contributed by atoms with Crippen molar-refractivity contribution in [1.29, 1.82) is 0 Å². The van der Waals surface area contributed by atoms with Crippen LogP contribution >= 0.6 is 22.9 Å². The molecule has 1 saturated carbocycles. The minimum Gasteiger partial charge on any atom is -0.379 e. The number of nitrogens with one attached hydrogen (secondary N) is 1. The van der Waals surface area contributed by atoms with Gasteiger partial charge in [0.05, 0.1) is 23.6 Å². The summed E-state index contributed by atoms with van der Waals surface area (Å²) in [6.45, 7) is 7.04. The van der Waals surface area contributed by atoms with Crippen molar-refractivity contribution in [3.63, 3.8) is 0 Å². The zero-order valence-electron chi connectivity index (χ0n) is 12.7. The van der Waals surface area contributed by atoms with Crippen molar-refractivity contribution in [2.45, 2.75) is 44.2 Å². The van der Waals surface area contributed by atoms with Crippen LogP contribution in [-0.4, -0.2) is 43.3 Å². The van der Waals surface area contributed by atoms with Crippen molar-refractivity contribution < 1.29 is 4.74 Å². The molecule has 0 amide bonds. The van der Waals surface area contributed by atoms with E-state index in [9.17, 15) is 0 Å². The van der Waals surface area contributed by atoms with Crippen molar-refractivity contribution in [2.75, 3.05) is 32.8 Å². The predicted molar refractivity (Wildman–Crippen MR) is 89.3 cm³/mol. The summed E-state index contributed by atoms with van der Waals surface area (Å²) in [4.78, 5) is 4.07. The molecular formula is C16H25ClN2OS. The van der Waals surface area contributed by atoms with Crippen LogP contribution in [0.4, 0.5) is 0 Å². The summed E-state index contributed by atoms with van der Waals surface area (Å²) in [6, 6.07) is 4.63. The van der Waals surface area contributed by atoms with Gasteiger partial charge in [0.2, 0.25) is 0 Å². The fraction of sp³-hybridized carbons (Fsp3) is 0.750. The van der Waals surface area contributed by atoms with E-state index >= 15 is 0 Å². The molecular weight excluding hydrogens is 304 g/mol. The van der Waals surface area contributed by atoms with Gasteiger partial charge >= 0.3 is 0 Å². The van der Waals surface area contributed by atoms with Gasteiger partial charge in [-0.2, -0.15) is 0 Å². The fourth-order valence-corrected chi connectivity index (χ4v) is 5.27. The molecule has 1 unspecified atom stereocenters. The molecule has 0 bridgehead atoms. The van der Waals surface area contributed by atoms with Crippen LogP contribution in [0.3, 0.4) is 0 Å². The molecule has 0 aromatic carbocycles. The summed E-state index contributed by atoms with van der Waals surface area (Å²) >= 11 is 7.93. The molecule has 0 radical (unpaired) electrons. The molecule has 5 heteroatoms. The third kappa shape index (κ3) is 3.15. The van der Waals surface area contributed by atoms with E-state index in [4.69, 9.17) is 16.3 Å². The van der Waals surface area contributed by atoms with Crippen molar-refractivity contribution >= 4 is 22.9 Å². The average molecular weight is 329 g/mol. The molecule has 2 heterocycles. The molecule has 1 aliphatic carbocycles. The first-order valence-corrected chi connectivity index (χ1v) is 9.27. The Hall–Kier alpha value is -0.130. The van der Waals surface area contributed by atoms with Gasteiger partial charge in [0.25, 0.3) is 0 Å². The molecule has 21 heavy (non-hydrogen) atoms. The standard InChI is InChI=1S/C16H25ClN2OS/c1-2-18-15(13-5-6-14(17)21-13)16(7-3-4-8-16)19-9-11-20-12-10-19/h5-6,15,18H,2-4,7-12H2,1H3. The van der Waals surface area contributed by atoms with Crippen LogP contribution in [0.25, 0.3) is 0 Å². The molecule has 1 aliphatic heterocycles. The van der Waals surface area contributed by atoms with Gasteiger partial charge < -0.3 is 10.1 Å². The van der Waals surface area contributed by atoms with Gasteiger partial charge in [-0.1, -0.05) is 31.4 Å². The first-order valence-electron chi connectivity index (χ1n) is 8.08. The van der Waals surface area contributed by atoms with Gasteiger partial charge in [0.15, 0.2) is 0 Å². The molecule has 118 valence electrons. The number of nitrogens with zero attached hydrogens (tertiary/aromatic N) is 1. The summed E-state index contributed by atoms with van der Waals surface area (Å²) in [5.41, 5.74) is 0.244. The normalized spacial score (nSPS) is 24.3. The number of rotatable bonds is 5. The summed E-state index contributed by atoms with van der Waals surface area (Å²) in [5, 5.41) is 3.76. The van der Waals surface area contributed by atoms with Gasteiger partial charge in [-0.25, -0.2) is 0 Å². The monoisotopic (exact) mass is 328 g/mol. The second-order valence-electron chi connectivity index (χ2n) is 6.04. The molecule has 1 N–H and O–H groups in total. The van der Waals surface area contributed by atoms with Crippen LogP contribution in [0, 0.1) is 0 Å². The lowest BCUT2D eigenvalue weighted by Gasteiger charge is -2.48. The lowest BCUT2D eigenvalue weighted by Crippen LogP contribution is -2.58. The van der Waals surface area contributed by atoms with Crippen LogP contribution in [0.15, 0.2) is 12.1 Å². The first-order chi connectivity index (χ1) is 10.3. The molecule has 2 fully saturated rings. The zero-order valence-corrected chi connectivity index (χ0v) is 14.3. The van der Waals surface area contributed by atoms with E-state index in [1.54, 1.807) is 11.3 Å². The van der Waals surface area contributed by atoms with Gasteiger partial charge in [-0.05, 0) is 31.5 Å². The van der Waals surface area contributed by atoms with E-state index in [1.165, 1.54) is 30.6 Å². The van der Waals surface area contributed by atoms with Crippen LogP contribution < -0.4 is 5.32 Å². The predicted octanol–water partition coefficient (Wildman–Crippen LogP) is 3.70. The maximum absolute atomic E-state index is 6.20. The molecule has 3 rings (SSSR count). The topological polar surface area (TPSA) is 24.5 Å². The van der Waals surface area contributed by atoms with Crippen LogP contribution in [0.2, 0.25) is 4.34 Å². The van der Waals surface area contributed by atoms with Crippen LogP contribution in [0.1, 0.15) is 43.5 Å². The Morgan fingerprint density at radius 1 is 1.33 bits per heavy atom. The number of hydrogen-bond donors (Lipinski definition) is 1.